The molecule has 1 aromatic heterocycles. The Kier molecular flexibility index (Phi) is 6.44. The lowest BCUT2D eigenvalue weighted by Crippen LogP contribution is -2.65. The summed E-state index contributed by atoms with van der Waals surface area (Å²) in [6.45, 7) is 0. The molecule has 1 aliphatic rings. The maximum atomic E-state index is 14.6. The molecule has 33 heavy (non-hydrogen) atoms. The van der Waals surface area contributed by atoms with Crippen molar-refractivity contribution in [2.75, 3.05) is 4.90 Å². The van der Waals surface area contributed by atoms with E-state index in [9.17, 15) is 18.8 Å². The molecule has 0 saturated carbocycles. The first-order valence-electron chi connectivity index (χ1n) is 10.1. The minimum absolute atomic E-state index is 0.0444. The second-order valence-corrected chi connectivity index (χ2v) is 8.46. The van der Waals surface area contributed by atoms with Gasteiger partial charge in [-0.15, -0.1) is 0 Å². The number of nitrogens with one attached hydrogen (secondary N) is 1. The van der Waals surface area contributed by atoms with E-state index < -0.39 is 29.1 Å². The van der Waals surface area contributed by atoms with Gasteiger partial charge in [0, 0.05) is 12.4 Å². The zero-order valence-electron chi connectivity index (χ0n) is 17.2. The number of aromatic nitrogens is 1. The number of carbonyl (C=O) groups is 3. The van der Waals surface area contributed by atoms with E-state index in [1.807, 2.05) is 0 Å². The maximum absolute atomic E-state index is 14.6. The number of urea groups is 1. The van der Waals surface area contributed by atoms with Gasteiger partial charge in [0.1, 0.15) is 11.2 Å². The highest BCUT2D eigenvalue weighted by Gasteiger charge is 2.54. The number of carbonyl (C=O) groups excluding carboxylic acids is 3. The number of anilines is 1. The molecular formula is C24H18Cl2FN3O3. The van der Waals surface area contributed by atoms with Crippen molar-refractivity contribution in [2.45, 2.75) is 19.3 Å². The molecule has 2 heterocycles. The van der Waals surface area contributed by atoms with Crippen LogP contribution in [0.2, 0.25) is 10.0 Å². The van der Waals surface area contributed by atoms with Crippen LogP contribution in [0, 0.1) is 11.2 Å². The van der Waals surface area contributed by atoms with E-state index >= 15 is 0 Å². The average molecular weight is 486 g/mol. The average Bonchev–Trinajstić information content (AvgIpc) is 2.80. The predicted octanol–water partition coefficient (Wildman–Crippen LogP) is 4.97. The normalized spacial score (nSPS) is 18.4. The number of hydrogen-bond acceptors (Lipinski definition) is 4. The monoisotopic (exact) mass is 485 g/mol. The van der Waals surface area contributed by atoms with E-state index in [4.69, 9.17) is 23.2 Å². The third-order valence-corrected chi connectivity index (χ3v) is 6.54. The van der Waals surface area contributed by atoms with Gasteiger partial charge in [-0.3, -0.25) is 19.9 Å². The second-order valence-electron chi connectivity index (χ2n) is 7.68. The Labute approximate surface area is 199 Å². The molecule has 1 N–H and O–H groups in total. The maximum Gasteiger partial charge on any atom is 0.335 e. The van der Waals surface area contributed by atoms with Crippen molar-refractivity contribution in [3.05, 3.63) is 94.0 Å². The standard InChI is InChI=1S/C24H18Cl2FN3O3/c25-17-5-3-4-16(20(17)26)14-24(11-8-15-9-12-28-13-10-15)21(31)29-23(33)30(22(24)32)19-7-2-1-6-18(19)27/h1-7,9-10,12-13H,8,11,14H2,(H,29,31,33)/t24-/m0/s1. The fourth-order valence-electron chi connectivity index (χ4n) is 3.91. The Morgan fingerprint density at radius 2 is 1.70 bits per heavy atom. The number of aryl methyl sites for hydroxylation is 1. The van der Waals surface area contributed by atoms with Crippen LogP contribution in [-0.4, -0.2) is 22.8 Å². The van der Waals surface area contributed by atoms with E-state index in [-0.39, 0.29) is 28.6 Å². The van der Waals surface area contributed by atoms with Crippen LogP contribution in [0.15, 0.2) is 67.0 Å². The highest BCUT2D eigenvalue weighted by molar-refractivity contribution is 6.42. The van der Waals surface area contributed by atoms with Gasteiger partial charge in [-0.25, -0.2) is 14.1 Å². The molecule has 1 saturated heterocycles. The van der Waals surface area contributed by atoms with Gasteiger partial charge in [-0.2, -0.15) is 0 Å². The van der Waals surface area contributed by atoms with Crippen LogP contribution in [0.5, 0.6) is 0 Å². The number of nitrogens with zero attached hydrogens (tertiary/aromatic N) is 2. The number of rotatable bonds is 6. The van der Waals surface area contributed by atoms with E-state index in [0.717, 1.165) is 11.6 Å². The number of hydrogen-bond donors (Lipinski definition) is 1. The van der Waals surface area contributed by atoms with Gasteiger partial charge in [-0.1, -0.05) is 47.5 Å². The Hall–Kier alpha value is -3.29. The van der Waals surface area contributed by atoms with Crippen molar-refractivity contribution in [3.63, 3.8) is 0 Å². The predicted molar refractivity (Wildman–Crippen MR) is 123 cm³/mol. The molecule has 0 unspecified atom stereocenters. The Morgan fingerprint density at radius 3 is 2.42 bits per heavy atom. The van der Waals surface area contributed by atoms with E-state index in [2.05, 4.69) is 10.3 Å². The van der Waals surface area contributed by atoms with Crippen molar-refractivity contribution >= 4 is 46.7 Å². The van der Waals surface area contributed by atoms with Gasteiger partial charge < -0.3 is 0 Å². The summed E-state index contributed by atoms with van der Waals surface area (Å²) in [7, 11) is 0. The quantitative estimate of drug-likeness (QED) is 0.499. The molecule has 0 bridgehead atoms. The van der Waals surface area contributed by atoms with Crippen LogP contribution < -0.4 is 10.2 Å². The van der Waals surface area contributed by atoms with Crippen molar-refractivity contribution in [3.8, 4) is 0 Å². The molecule has 0 radical (unpaired) electrons. The molecule has 6 nitrogen and oxygen atoms in total. The van der Waals surface area contributed by atoms with Gasteiger partial charge in [-0.05, 0) is 60.7 Å². The molecule has 168 valence electrons. The van der Waals surface area contributed by atoms with Crippen molar-refractivity contribution in [1.82, 2.24) is 10.3 Å². The summed E-state index contributed by atoms with van der Waals surface area (Å²) in [4.78, 5) is 44.4. The van der Waals surface area contributed by atoms with Crippen LogP contribution >= 0.6 is 23.2 Å². The zero-order chi connectivity index (χ0) is 23.6. The molecule has 3 aromatic rings. The van der Waals surface area contributed by atoms with Gasteiger partial charge in [0.05, 0.1) is 15.7 Å². The summed E-state index contributed by atoms with van der Waals surface area (Å²) in [6, 6.07) is 12.8. The molecule has 1 fully saturated rings. The number of para-hydroxylation sites is 1. The summed E-state index contributed by atoms with van der Waals surface area (Å²) in [5, 5.41) is 2.71. The topological polar surface area (TPSA) is 79.4 Å². The lowest BCUT2D eigenvalue weighted by molar-refractivity contribution is -0.143. The SMILES string of the molecule is O=C1NC(=O)[C@](CCc2ccncc2)(Cc2cccc(Cl)c2Cl)C(=O)N1c1ccccc1F. The third-order valence-electron chi connectivity index (χ3n) is 5.68. The van der Waals surface area contributed by atoms with Crippen molar-refractivity contribution < 1.29 is 18.8 Å². The van der Waals surface area contributed by atoms with Gasteiger partial charge in [0.15, 0.2) is 0 Å². The fraction of sp³-hybridized carbons (Fsp3) is 0.167. The Morgan fingerprint density at radius 1 is 0.970 bits per heavy atom. The van der Waals surface area contributed by atoms with Gasteiger partial charge in [0.25, 0.3) is 5.91 Å². The minimum atomic E-state index is -1.73. The van der Waals surface area contributed by atoms with Crippen LogP contribution in [-0.2, 0) is 22.4 Å². The molecule has 1 atom stereocenters. The molecule has 2 aromatic carbocycles. The Bertz CT molecular complexity index is 1240. The van der Waals surface area contributed by atoms with Crippen LogP contribution in [0.1, 0.15) is 17.5 Å². The van der Waals surface area contributed by atoms with E-state index in [0.29, 0.717) is 16.9 Å². The Balaban J connectivity index is 1.81. The third kappa shape index (κ3) is 4.34. The van der Waals surface area contributed by atoms with Crippen molar-refractivity contribution in [1.29, 1.82) is 0 Å². The highest BCUT2D eigenvalue weighted by atomic mass is 35.5. The smallest absolute Gasteiger partial charge is 0.276 e. The summed E-state index contributed by atoms with van der Waals surface area (Å²) < 4.78 is 14.6. The lowest BCUT2D eigenvalue weighted by atomic mass is 9.73. The first-order valence-corrected chi connectivity index (χ1v) is 10.9. The summed E-state index contributed by atoms with van der Waals surface area (Å²) >= 11 is 12.5. The number of amides is 4. The first-order chi connectivity index (χ1) is 15.8. The molecule has 4 rings (SSSR count). The minimum Gasteiger partial charge on any atom is -0.276 e. The molecular weight excluding hydrogens is 468 g/mol. The van der Waals surface area contributed by atoms with E-state index in [1.165, 1.54) is 18.2 Å². The highest BCUT2D eigenvalue weighted by Crippen LogP contribution is 2.39. The second kappa shape index (κ2) is 9.29. The van der Waals surface area contributed by atoms with Gasteiger partial charge in [0.2, 0.25) is 5.91 Å². The van der Waals surface area contributed by atoms with E-state index in [1.54, 1.807) is 42.7 Å². The number of barbiturate groups is 1. The number of halogens is 3. The number of pyridine rings is 1. The number of imide groups is 2. The molecule has 9 heteroatoms. The van der Waals surface area contributed by atoms with Crippen LogP contribution in [0.25, 0.3) is 0 Å². The van der Waals surface area contributed by atoms with Gasteiger partial charge >= 0.3 is 6.03 Å². The molecule has 4 amide bonds. The zero-order valence-corrected chi connectivity index (χ0v) is 18.7. The summed E-state index contributed by atoms with van der Waals surface area (Å²) in [5.74, 6) is -2.36. The molecule has 0 spiro atoms. The largest absolute Gasteiger partial charge is 0.335 e. The summed E-state index contributed by atoms with van der Waals surface area (Å²) in [5.41, 5.74) is -0.659. The lowest BCUT2D eigenvalue weighted by Gasteiger charge is -2.39. The first kappa shape index (κ1) is 22.9. The molecule has 1 aliphatic heterocycles. The molecule has 0 aliphatic carbocycles. The number of benzene rings is 2. The van der Waals surface area contributed by atoms with Crippen LogP contribution in [0.3, 0.4) is 0 Å². The summed E-state index contributed by atoms with van der Waals surface area (Å²) in [6.07, 6.45) is 3.46. The van der Waals surface area contributed by atoms with Crippen molar-refractivity contribution in [2.24, 2.45) is 5.41 Å². The van der Waals surface area contributed by atoms with Crippen LogP contribution in [0.4, 0.5) is 14.9 Å². The fourth-order valence-corrected chi connectivity index (χ4v) is 4.30.